The maximum Gasteiger partial charge on any atom is 0.235 e. The molecule has 0 aromatic heterocycles. The van der Waals surface area contributed by atoms with Gasteiger partial charge in [-0.1, -0.05) is 19.3 Å². The van der Waals surface area contributed by atoms with Crippen LogP contribution < -0.4 is 5.32 Å². The summed E-state index contributed by atoms with van der Waals surface area (Å²) in [7, 11) is 1.84. The van der Waals surface area contributed by atoms with Gasteiger partial charge in [0.15, 0.2) is 0 Å². The van der Waals surface area contributed by atoms with Gasteiger partial charge in [0.25, 0.3) is 0 Å². The Morgan fingerprint density at radius 2 is 1.87 bits per heavy atom. The molecule has 2 aliphatic rings. The average Bonchev–Trinajstić information content (AvgIpc) is 2.55. The Bertz CT molecular complexity index is 471. The van der Waals surface area contributed by atoms with E-state index in [0.717, 1.165) is 58.0 Å². The number of carbonyl (C=O) groups is 2. The number of likely N-dealkylation sites (tertiary alicyclic amines) is 1. The minimum atomic E-state index is -0.650. The molecule has 1 aliphatic heterocycles. The van der Waals surface area contributed by atoms with Crippen molar-refractivity contribution in [1.29, 1.82) is 5.26 Å². The summed E-state index contributed by atoms with van der Waals surface area (Å²) < 4.78 is 0. The van der Waals surface area contributed by atoms with E-state index in [1.54, 1.807) is 11.8 Å². The maximum atomic E-state index is 12.3. The fourth-order valence-electron chi connectivity index (χ4n) is 3.65. The Kier molecular flexibility index (Phi) is 6.00. The van der Waals surface area contributed by atoms with E-state index in [4.69, 9.17) is 0 Å². The molecule has 0 aromatic rings. The summed E-state index contributed by atoms with van der Waals surface area (Å²) in [4.78, 5) is 27.6. The fourth-order valence-corrected chi connectivity index (χ4v) is 3.65. The van der Waals surface area contributed by atoms with E-state index in [0.29, 0.717) is 6.54 Å². The van der Waals surface area contributed by atoms with E-state index < -0.39 is 5.54 Å². The molecule has 2 fully saturated rings. The molecule has 0 bridgehead atoms. The molecule has 0 aromatic carbocycles. The van der Waals surface area contributed by atoms with Crippen molar-refractivity contribution >= 4 is 11.8 Å². The van der Waals surface area contributed by atoms with Crippen molar-refractivity contribution in [2.45, 2.75) is 63.5 Å². The van der Waals surface area contributed by atoms with Crippen LogP contribution in [0.25, 0.3) is 0 Å². The number of nitrogens with one attached hydrogen (secondary N) is 1. The summed E-state index contributed by atoms with van der Waals surface area (Å²) in [6, 6.07) is 2.60. The molecule has 128 valence electrons. The molecule has 0 spiro atoms. The van der Waals surface area contributed by atoms with Gasteiger partial charge < -0.3 is 10.2 Å². The Morgan fingerprint density at radius 3 is 2.39 bits per heavy atom. The third-order valence-corrected chi connectivity index (χ3v) is 5.27. The van der Waals surface area contributed by atoms with Crippen LogP contribution in [0.15, 0.2) is 0 Å². The molecule has 1 heterocycles. The lowest BCUT2D eigenvalue weighted by molar-refractivity contribution is -0.131. The van der Waals surface area contributed by atoms with E-state index >= 15 is 0 Å². The second-order valence-electron chi connectivity index (χ2n) is 6.94. The number of hydrogen-bond donors (Lipinski definition) is 1. The number of rotatable bonds is 4. The minimum Gasteiger partial charge on any atom is -0.343 e. The van der Waals surface area contributed by atoms with Crippen LogP contribution in [-0.4, -0.2) is 59.9 Å². The largest absolute Gasteiger partial charge is 0.343 e. The molecular weight excluding hydrogens is 292 g/mol. The predicted octanol–water partition coefficient (Wildman–Crippen LogP) is 1.27. The van der Waals surface area contributed by atoms with Gasteiger partial charge in [-0.05, 0) is 25.7 Å². The molecule has 0 radical (unpaired) electrons. The molecule has 0 atom stereocenters. The lowest BCUT2D eigenvalue weighted by Gasteiger charge is -2.37. The minimum absolute atomic E-state index is 0.0492. The van der Waals surface area contributed by atoms with E-state index in [2.05, 4.69) is 16.3 Å². The topological polar surface area (TPSA) is 76.4 Å². The summed E-state index contributed by atoms with van der Waals surface area (Å²) in [6.45, 7) is 3.57. The first-order valence-corrected chi connectivity index (χ1v) is 8.64. The quantitative estimate of drug-likeness (QED) is 0.846. The van der Waals surface area contributed by atoms with Crippen LogP contribution in [0.5, 0.6) is 0 Å². The lowest BCUT2D eigenvalue weighted by Crippen LogP contribution is -2.53. The van der Waals surface area contributed by atoms with Gasteiger partial charge in [-0.3, -0.25) is 14.5 Å². The molecule has 1 N–H and O–H groups in total. The van der Waals surface area contributed by atoms with Crippen molar-refractivity contribution in [2.75, 3.05) is 26.7 Å². The molecule has 2 rings (SSSR count). The van der Waals surface area contributed by atoms with Crippen LogP contribution in [-0.2, 0) is 9.59 Å². The van der Waals surface area contributed by atoms with Gasteiger partial charge in [-0.15, -0.1) is 0 Å². The number of nitrogens with zero attached hydrogens (tertiary/aromatic N) is 3. The van der Waals surface area contributed by atoms with Gasteiger partial charge in [-0.25, -0.2) is 0 Å². The predicted molar refractivity (Wildman–Crippen MR) is 87.5 cm³/mol. The van der Waals surface area contributed by atoms with Gasteiger partial charge >= 0.3 is 0 Å². The summed E-state index contributed by atoms with van der Waals surface area (Å²) in [5, 5.41) is 12.4. The maximum absolute atomic E-state index is 12.3. The number of carbonyl (C=O) groups excluding carboxylic acids is 2. The highest BCUT2D eigenvalue weighted by molar-refractivity contribution is 5.79. The highest BCUT2D eigenvalue weighted by Gasteiger charge is 2.34. The Balaban J connectivity index is 1.78. The molecule has 6 heteroatoms. The fraction of sp³-hybridized carbons (Fsp3) is 0.824. The summed E-state index contributed by atoms with van der Waals surface area (Å²) in [5.41, 5.74) is -0.650. The van der Waals surface area contributed by atoms with Gasteiger partial charge in [0.2, 0.25) is 11.8 Å². The van der Waals surface area contributed by atoms with Crippen molar-refractivity contribution in [2.24, 2.45) is 0 Å². The second-order valence-corrected chi connectivity index (χ2v) is 6.94. The highest BCUT2D eigenvalue weighted by atomic mass is 16.2. The standard InChI is InChI=1S/C17H28N4O2/c1-14(22)20(2)15-6-10-21(11-7-15)12-16(23)19-17(13-18)8-4-3-5-9-17/h15H,3-12H2,1-2H3,(H,19,23). The molecular formula is C17H28N4O2. The first-order valence-electron chi connectivity index (χ1n) is 8.64. The zero-order chi connectivity index (χ0) is 16.9. The van der Waals surface area contributed by atoms with Crippen LogP contribution >= 0.6 is 0 Å². The van der Waals surface area contributed by atoms with Crippen LogP contribution in [0.3, 0.4) is 0 Å². The summed E-state index contributed by atoms with van der Waals surface area (Å²) >= 11 is 0. The van der Waals surface area contributed by atoms with Crippen LogP contribution in [0.2, 0.25) is 0 Å². The monoisotopic (exact) mass is 320 g/mol. The molecule has 2 amide bonds. The highest BCUT2D eigenvalue weighted by Crippen LogP contribution is 2.27. The van der Waals surface area contributed by atoms with Crippen molar-refractivity contribution < 1.29 is 9.59 Å². The second kappa shape index (κ2) is 7.78. The zero-order valence-corrected chi connectivity index (χ0v) is 14.3. The van der Waals surface area contributed by atoms with E-state index in [1.807, 2.05) is 7.05 Å². The van der Waals surface area contributed by atoms with Gasteiger partial charge in [-0.2, -0.15) is 5.26 Å². The first kappa shape index (κ1) is 17.7. The van der Waals surface area contributed by atoms with Crippen LogP contribution in [0.4, 0.5) is 0 Å². The zero-order valence-electron chi connectivity index (χ0n) is 14.3. The third kappa shape index (κ3) is 4.68. The molecule has 1 aliphatic carbocycles. The number of piperidine rings is 1. The first-order chi connectivity index (χ1) is 11.0. The number of nitriles is 1. The number of hydrogen-bond acceptors (Lipinski definition) is 4. The average molecular weight is 320 g/mol. The van der Waals surface area contributed by atoms with Crippen molar-refractivity contribution in [3.05, 3.63) is 0 Å². The summed E-state index contributed by atoms with van der Waals surface area (Å²) in [5.74, 6) is 0.0428. The Morgan fingerprint density at radius 1 is 1.26 bits per heavy atom. The van der Waals surface area contributed by atoms with Gasteiger partial charge in [0.1, 0.15) is 5.54 Å². The lowest BCUT2D eigenvalue weighted by atomic mass is 9.83. The van der Waals surface area contributed by atoms with E-state index in [1.165, 1.54) is 0 Å². The third-order valence-electron chi connectivity index (χ3n) is 5.27. The molecule has 0 unspecified atom stereocenters. The SMILES string of the molecule is CC(=O)N(C)C1CCN(CC(=O)NC2(C#N)CCCCC2)CC1. The molecule has 6 nitrogen and oxygen atoms in total. The molecule has 1 saturated carbocycles. The van der Waals surface area contributed by atoms with E-state index in [-0.39, 0.29) is 17.9 Å². The van der Waals surface area contributed by atoms with E-state index in [9.17, 15) is 14.9 Å². The molecule has 23 heavy (non-hydrogen) atoms. The Hall–Kier alpha value is -1.61. The van der Waals surface area contributed by atoms with Gasteiger partial charge in [0.05, 0.1) is 12.6 Å². The van der Waals surface area contributed by atoms with Crippen LogP contribution in [0, 0.1) is 11.3 Å². The molecule has 1 saturated heterocycles. The number of amides is 2. The normalized spacial score (nSPS) is 22.1. The smallest absolute Gasteiger partial charge is 0.235 e. The van der Waals surface area contributed by atoms with Crippen molar-refractivity contribution in [3.63, 3.8) is 0 Å². The van der Waals surface area contributed by atoms with Crippen molar-refractivity contribution in [1.82, 2.24) is 15.1 Å². The van der Waals surface area contributed by atoms with Crippen molar-refractivity contribution in [3.8, 4) is 6.07 Å². The van der Waals surface area contributed by atoms with Crippen LogP contribution in [0.1, 0.15) is 51.9 Å². The summed E-state index contributed by atoms with van der Waals surface area (Å²) in [6.07, 6.45) is 6.49. The Labute approximate surface area is 138 Å². The van der Waals surface area contributed by atoms with Gasteiger partial charge in [0, 0.05) is 33.1 Å².